The van der Waals surface area contributed by atoms with Crippen LogP contribution in [0.2, 0.25) is 0 Å². The molecule has 9 heteroatoms. The summed E-state index contributed by atoms with van der Waals surface area (Å²) in [6.45, 7) is -0.0263. The van der Waals surface area contributed by atoms with Gasteiger partial charge in [0, 0.05) is 12.5 Å². The number of thiophene rings is 1. The van der Waals surface area contributed by atoms with Crippen molar-refractivity contribution in [3.63, 3.8) is 0 Å². The fourth-order valence-corrected chi connectivity index (χ4v) is 2.91. The van der Waals surface area contributed by atoms with Crippen molar-refractivity contribution in [2.24, 2.45) is 0 Å². The monoisotopic (exact) mass is 379 g/mol. The summed E-state index contributed by atoms with van der Waals surface area (Å²) in [5, 5.41) is 13.0. The third-order valence-electron chi connectivity index (χ3n) is 3.50. The number of rotatable bonds is 9. The quantitative estimate of drug-likeness (QED) is 0.216. The minimum atomic E-state index is -0.860. The predicted molar refractivity (Wildman–Crippen MR) is 94.4 cm³/mol. The van der Waals surface area contributed by atoms with E-state index in [4.69, 9.17) is 14.2 Å². The van der Waals surface area contributed by atoms with Gasteiger partial charge in [-0.2, -0.15) is 0 Å². The highest BCUT2D eigenvalue weighted by atomic mass is 32.1. The number of carbonyl (C=O) groups is 2. The smallest absolute Gasteiger partial charge is 0.345 e. The van der Waals surface area contributed by atoms with Gasteiger partial charge in [0.15, 0.2) is 17.3 Å². The molecule has 0 fully saturated rings. The van der Waals surface area contributed by atoms with E-state index >= 15 is 0 Å². The molecule has 0 radical (unpaired) electrons. The van der Waals surface area contributed by atoms with Gasteiger partial charge in [0.05, 0.1) is 36.7 Å². The molecule has 0 N–H and O–H groups in total. The Morgan fingerprint density at radius 2 is 1.88 bits per heavy atom. The van der Waals surface area contributed by atoms with E-state index in [-0.39, 0.29) is 35.9 Å². The van der Waals surface area contributed by atoms with Crippen molar-refractivity contribution in [1.82, 2.24) is 0 Å². The molecule has 0 bridgehead atoms. The molecule has 0 aliphatic heterocycles. The van der Waals surface area contributed by atoms with E-state index in [9.17, 15) is 19.7 Å². The highest BCUT2D eigenvalue weighted by molar-refractivity contribution is 7.12. The lowest BCUT2D eigenvalue weighted by Crippen LogP contribution is -2.11. The number of carbonyl (C=O) groups excluding carboxylic acids is 2. The zero-order chi connectivity index (χ0) is 19.1. The largest absolute Gasteiger partial charge is 0.493 e. The standard InChI is InChI=1S/C17H17NO7S/c1-23-14-9-11(12(18(21)22)10-15(14)24-2)17(20)25-7-3-5-13(19)16-6-4-8-26-16/h4,6,8-10H,3,5,7H2,1-2H3. The summed E-state index contributed by atoms with van der Waals surface area (Å²) in [7, 11) is 2.69. The molecule has 0 atom stereocenters. The molecule has 0 aliphatic carbocycles. The molecule has 0 spiro atoms. The molecule has 1 aromatic carbocycles. The van der Waals surface area contributed by atoms with Crippen LogP contribution in [0.5, 0.6) is 11.5 Å². The Morgan fingerprint density at radius 1 is 1.19 bits per heavy atom. The van der Waals surface area contributed by atoms with E-state index in [1.807, 2.05) is 5.38 Å². The van der Waals surface area contributed by atoms with Gasteiger partial charge in [-0.3, -0.25) is 14.9 Å². The van der Waals surface area contributed by atoms with Crippen molar-refractivity contribution in [1.29, 1.82) is 0 Å². The Labute approximate surface area is 153 Å². The Hall–Kier alpha value is -2.94. The van der Waals surface area contributed by atoms with Crippen LogP contribution in [0.25, 0.3) is 0 Å². The highest BCUT2D eigenvalue weighted by Gasteiger charge is 2.25. The van der Waals surface area contributed by atoms with Crippen LogP contribution in [0.1, 0.15) is 32.9 Å². The number of nitro groups is 1. The maximum absolute atomic E-state index is 12.2. The van der Waals surface area contributed by atoms with Gasteiger partial charge in [-0.15, -0.1) is 11.3 Å². The van der Waals surface area contributed by atoms with Crippen LogP contribution in [0.4, 0.5) is 5.69 Å². The van der Waals surface area contributed by atoms with Crippen LogP contribution >= 0.6 is 11.3 Å². The summed E-state index contributed by atoms with van der Waals surface area (Å²) in [6.07, 6.45) is 0.547. The maximum Gasteiger partial charge on any atom is 0.345 e. The molecule has 8 nitrogen and oxygen atoms in total. The zero-order valence-electron chi connectivity index (χ0n) is 14.2. The number of nitrogens with zero attached hydrogens (tertiary/aromatic N) is 1. The van der Waals surface area contributed by atoms with Crippen molar-refractivity contribution in [2.75, 3.05) is 20.8 Å². The Balaban J connectivity index is 2.02. The third kappa shape index (κ3) is 4.57. The lowest BCUT2D eigenvalue weighted by atomic mass is 10.1. The summed E-state index contributed by atoms with van der Waals surface area (Å²) in [4.78, 5) is 35.2. The van der Waals surface area contributed by atoms with E-state index in [1.54, 1.807) is 12.1 Å². The van der Waals surface area contributed by atoms with Crippen LogP contribution in [-0.2, 0) is 4.74 Å². The topological polar surface area (TPSA) is 105 Å². The summed E-state index contributed by atoms with van der Waals surface area (Å²) < 4.78 is 15.1. The molecule has 1 aromatic heterocycles. The summed E-state index contributed by atoms with van der Waals surface area (Å²) in [6, 6.07) is 5.83. The molecule has 26 heavy (non-hydrogen) atoms. The first-order chi connectivity index (χ1) is 12.5. The molecule has 0 aliphatic rings. The number of hydrogen-bond donors (Lipinski definition) is 0. The van der Waals surface area contributed by atoms with Crippen molar-refractivity contribution in [2.45, 2.75) is 12.8 Å². The first-order valence-electron chi connectivity index (χ1n) is 7.62. The highest BCUT2D eigenvalue weighted by Crippen LogP contribution is 2.34. The molecule has 0 saturated carbocycles. The average molecular weight is 379 g/mol. The van der Waals surface area contributed by atoms with Gasteiger partial charge in [-0.25, -0.2) is 4.79 Å². The number of ketones is 1. The van der Waals surface area contributed by atoms with Gasteiger partial charge >= 0.3 is 5.97 Å². The number of hydrogen-bond acceptors (Lipinski definition) is 8. The van der Waals surface area contributed by atoms with Crippen molar-refractivity contribution in [3.8, 4) is 11.5 Å². The van der Waals surface area contributed by atoms with Crippen LogP contribution in [0.3, 0.4) is 0 Å². The van der Waals surface area contributed by atoms with Crippen molar-refractivity contribution >= 4 is 28.8 Å². The fourth-order valence-electron chi connectivity index (χ4n) is 2.22. The molecule has 2 aromatic rings. The van der Waals surface area contributed by atoms with Gasteiger partial charge in [-0.05, 0) is 17.9 Å². The fraction of sp³-hybridized carbons (Fsp3) is 0.294. The van der Waals surface area contributed by atoms with E-state index < -0.39 is 16.6 Å². The molecule has 138 valence electrons. The maximum atomic E-state index is 12.2. The second-order valence-electron chi connectivity index (χ2n) is 5.12. The molecular formula is C17H17NO7S. The molecular weight excluding hydrogens is 362 g/mol. The average Bonchev–Trinajstić information content (AvgIpc) is 3.18. The van der Waals surface area contributed by atoms with E-state index in [0.29, 0.717) is 11.3 Å². The second-order valence-corrected chi connectivity index (χ2v) is 6.07. The number of methoxy groups -OCH3 is 2. The Morgan fingerprint density at radius 3 is 2.46 bits per heavy atom. The van der Waals surface area contributed by atoms with Crippen LogP contribution in [-0.4, -0.2) is 37.5 Å². The second kappa shape index (κ2) is 8.95. The Kier molecular flexibility index (Phi) is 6.67. The third-order valence-corrected chi connectivity index (χ3v) is 4.41. The number of esters is 1. The van der Waals surface area contributed by atoms with E-state index in [1.165, 1.54) is 31.6 Å². The van der Waals surface area contributed by atoms with Crippen LogP contribution < -0.4 is 9.47 Å². The molecule has 1 heterocycles. The Bertz CT molecular complexity index is 802. The van der Waals surface area contributed by atoms with Gasteiger partial charge in [0.2, 0.25) is 0 Å². The van der Waals surface area contributed by atoms with Crippen molar-refractivity contribution < 1.29 is 28.7 Å². The molecule has 0 unspecified atom stereocenters. The summed E-state index contributed by atoms with van der Waals surface area (Å²) >= 11 is 1.35. The first-order valence-corrected chi connectivity index (χ1v) is 8.50. The lowest BCUT2D eigenvalue weighted by Gasteiger charge is -2.10. The number of ether oxygens (including phenoxy) is 3. The minimum absolute atomic E-state index is 0.0263. The van der Waals surface area contributed by atoms with E-state index in [2.05, 4.69) is 0 Å². The van der Waals surface area contributed by atoms with Gasteiger partial charge in [-0.1, -0.05) is 6.07 Å². The minimum Gasteiger partial charge on any atom is -0.493 e. The van der Waals surface area contributed by atoms with E-state index in [0.717, 1.165) is 6.07 Å². The lowest BCUT2D eigenvalue weighted by molar-refractivity contribution is -0.385. The summed E-state index contributed by atoms with van der Waals surface area (Å²) in [5.74, 6) is -0.579. The first kappa shape index (κ1) is 19.4. The summed E-state index contributed by atoms with van der Waals surface area (Å²) in [5.41, 5.74) is -0.681. The van der Waals surface area contributed by atoms with Gasteiger partial charge < -0.3 is 14.2 Å². The van der Waals surface area contributed by atoms with Crippen molar-refractivity contribution in [3.05, 3.63) is 50.2 Å². The molecule has 2 rings (SSSR count). The normalized spacial score (nSPS) is 10.2. The number of benzene rings is 1. The number of nitro benzene ring substituents is 1. The zero-order valence-corrected chi connectivity index (χ0v) is 15.0. The van der Waals surface area contributed by atoms with Crippen LogP contribution in [0, 0.1) is 10.1 Å². The SMILES string of the molecule is COc1cc(C(=O)OCCCC(=O)c2cccs2)c([N+](=O)[O-])cc1OC. The molecule has 0 saturated heterocycles. The van der Waals surface area contributed by atoms with Gasteiger partial charge in [0.1, 0.15) is 5.56 Å². The predicted octanol–water partition coefficient (Wildman–Crippen LogP) is 3.49. The number of Topliss-reactive ketones (excluding diaryl/α,β-unsaturated/α-hetero) is 1. The van der Waals surface area contributed by atoms with Crippen LogP contribution in [0.15, 0.2) is 29.6 Å². The van der Waals surface area contributed by atoms with Gasteiger partial charge in [0.25, 0.3) is 5.69 Å². The molecule has 0 amide bonds.